The Balaban J connectivity index is 1.71. The van der Waals surface area contributed by atoms with E-state index in [4.69, 9.17) is 5.11 Å². The number of aromatic nitrogens is 2. The van der Waals surface area contributed by atoms with Gasteiger partial charge in [0.15, 0.2) is 5.60 Å². The molecular weight excluding hydrogens is 310 g/mol. The van der Waals surface area contributed by atoms with Gasteiger partial charge in [0.2, 0.25) is 0 Å². The lowest BCUT2D eigenvalue weighted by Crippen LogP contribution is -2.50. The fourth-order valence-corrected chi connectivity index (χ4v) is 2.77. The van der Waals surface area contributed by atoms with Crippen molar-refractivity contribution in [3.63, 3.8) is 0 Å². The molecule has 0 atom stereocenters. The molecular formula is C17H19N3O4. The number of rotatable bonds is 3. The summed E-state index contributed by atoms with van der Waals surface area (Å²) in [6.45, 7) is 2.39. The summed E-state index contributed by atoms with van der Waals surface area (Å²) in [6.07, 6.45) is 0.0417. The number of amides is 1. The molecule has 1 aliphatic rings. The molecule has 1 aromatic heterocycles. The summed E-state index contributed by atoms with van der Waals surface area (Å²) in [4.78, 5) is 25.1. The molecule has 1 aromatic carbocycles. The lowest BCUT2D eigenvalue weighted by Gasteiger charge is -2.35. The molecule has 1 amide bonds. The number of aromatic amines is 1. The number of hydrogen-bond donors (Lipinski definition) is 3. The van der Waals surface area contributed by atoms with Gasteiger partial charge in [-0.2, -0.15) is 5.10 Å². The molecule has 1 aliphatic heterocycles. The highest BCUT2D eigenvalue weighted by Crippen LogP contribution is 2.24. The first kappa shape index (κ1) is 16.2. The van der Waals surface area contributed by atoms with Gasteiger partial charge in [-0.3, -0.25) is 9.89 Å². The Hall–Kier alpha value is -2.67. The molecule has 0 aliphatic carbocycles. The molecule has 2 aromatic rings. The number of piperidine rings is 1. The predicted molar refractivity (Wildman–Crippen MR) is 86.5 cm³/mol. The van der Waals surface area contributed by atoms with Crippen LogP contribution >= 0.6 is 0 Å². The second kappa shape index (κ2) is 6.09. The lowest BCUT2D eigenvalue weighted by molar-refractivity contribution is -0.162. The Kier molecular flexibility index (Phi) is 4.11. The monoisotopic (exact) mass is 329 g/mol. The number of aliphatic carboxylic acids is 1. The minimum Gasteiger partial charge on any atom is -0.479 e. The molecule has 3 rings (SSSR count). The second-order valence-electron chi connectivity index (χ2n) is 6.16. The van der Waals surface area contributed by atoms with E-state index in [2.05, 4.69) is 10.2 Å². The summed E-state index contributed by atoms with van der Waals surface area (Å²) < 4.78 is 0. The first-order chi connectivity index (χ1) is 11.4. The lowest BCUT2D eigenvalue weighted by atomic mass is 9.91. The first-order valence-corrected chi connectivity index (χ1v) is 7.76. The zero-order valence-electron chi connectivity index (χ0n) is 13.3. The number of carboxylic acids is 1. The standard InChI is InChI=1S/C17H19N3O4/c1-11-2-4-12(5-3-11)13-10-14(19-18-13)15(21)20-8-6-17(24,7-9-20)16(22)23/h2-5,10,24H,6-9H2,1H3,(H,18,19)(H,22,23). The van der Waals surface area contributed by atoms with Gasteiger partial charge in [0, 0.05) is 31.5 Å². The summed E-state index contributed by atoms with van der Waals surface area (Å²) in [6, 6.07) is 9.51. The van der Waals surface area contributed by atoms with Crippen molar-refractivity contribution >= 4 is 11.9 Å². The summed E-state index contributed by atoms with van der Waals surface area (Å²) in [5, 5.41) is 25.9. The molecule has 2 heterocycles. The quantitative estimate of drug-likeness (QED) is 0.790. The van der Waals surface area contributed by atoms with Crippen LogP contribution in [0.1, 0.15) is 28.9 Å². The number of carboxylic acid groups (broad SMARTS) is 1. The number of benzene rings is 1. The number of aliphatic hydroxyl groups is 1. The SMILES string of the molecule is Cc1ccc(-c2cc(C(=O)N3CCC(O)(C(=O)O)CC3)[nH]n2)cc1. The van der Waals surface area contributed by atoms with Crippen molar-refractivity contribution in [3.05, 3.63) is 41.6 Å². The molecule has 0 unspecified atom stereocenters. The number of hydrogen-bond acceptors (Lipinski definition) is 4. The number of carbonyl (C=O) groups is 2. The zero-order chi connectivity index (χ0) is 17.3. The fourth-order valence-electron chi connectivity index (χ4n) is 2.77. The number of H-pyrrole nitrogens is 1. The van der Waals surface area contributed by atoms with Crippen LogP contribution in [-0.4, -0.2) is 55.9 Å². The summed E-state index contributed by atoms with van der Waals surface area (Å²) in [7, 11) is 0. The van der Waals surface area contributed by atoms with Gasteiger partial charge >= 0.3 is 5.97 Å². The van der Waals surface area contributed by atoms with Crippen LogP contribution in [0.5, 0.6) is 0 Å². The van der Waals surface area contributed by atoms with E-state index in [1.807, 2.05) is 31.2 Å². The zero-order valence-corrected chi connectivity index (χ0v) is 13.3. The highest BCUT2D eigenvalue weighted by Gasteiger charge is 2.40. The number of nitrogens with zero attached hydrogens (tertiary/aromatic N) is 2. The smallest absolute Gasteiger partial charge is 0.335 e. The molecule has 0 radical (unpaired) electrons. The molecule has 1 saturated heterocycles. The predicted octanol–water partition coefficient (Wildman–Crippen LogP) is 1.44. The Morgan fingerprint density at radius 3 is 2.42 bits per heavy atom. The van der Waals surface area contributed by atoms with Crippen LogP contribution in [-0.2, 0) is 4.79 Å². The molecule has 7 nitrogen and oxygen atoms in total. The molecule has 1 fully saturated rings. The molecule has 7 heteroatoms. The van der Waals surface area contributed by atoms with Crippen molar-refractivity contribution in [2.75, 3.05) is 13.1 Å². The van der Waals surface area contributed by atoms with Crippen LogP contribution in [0.3, 0.4) is 0 Å². The van der Waals surface area contributed by atoms with Crippen LogP contribution < -0.4 is 0 Å². The van der Waals surface area contributed by atoms with Gasteiger partial charge < -0.3 is 15.1 Å². The van der Waals surface area contributed by atoms with Crippen molar-refractivity contribution in [2.45, 2.75) is 25.4 Å². The van der Waals surface area contributed by atoms with Crippen LogP contribution in [0, 0.1) is 6.92 Å². The van der Waals surface area contributed by atoms with Crippen molar-refractivity contribution in [1.29, 1.82) is 0 Å². The molecule has 0 spiro atoms. The maximum Gasteiger partial charge on any atom is 0.335 e. The largest absolute Gasteiger partial charge is 0.479 e. The van der Waals surface area contributed by atoms with Crippen LogP contribution in [0.25, 0.3) is 11.3 Å². The van der Waals surface area contributed by atoms with Gasteiger partial charge in [-0.25, -0.2) is 4.79 Å². The highest BCUT2D eigenvalue weighted by molar-refractivity contribution is 5.93. The fraction of sp³-hybridized carbons (Fsp3) is 0.353. The van der Waals surface area contributed by atoms with Crippen molar-refractivity contribution in [2.24, 2.45) is 0 Å². The first-order valence-electron chi connectivity index (χ1n) is 7.76. The second-order valence-corrected chi connectivity index (χ2v) is 6.16. The van der Waals surface area contributed by atoms with Crippen LogP contribution in [0.4, 0.5) is 0 Å². The molecule has 24 heavy (non-hydrogen) atoms. The summed E-state index contributed by atoms with van der Waals surface area (Å²) >= 11 is 0. The normalized spacial score (nSPS) is 16.8. The third kappa shape index (κ3) is 3.03. The van der Waals surface area contributed by atoms with Crippen molar-refractivity contribution in [1.82, 2.24) is 15.1 Å². The summed E-state index contributed by atoms with van der Waals surface area (Å²) in [5.41, 5.74) is 1.35. The number of likely N-dealkylation sites (tertiary alicyclic amines) is 1. The highest BCUT2D eigenvalue weighted by atomic mass is 16.4. The molecule has 3 N–H and O–H groups in total. The van der Waals surface area contributed by atoms with E-state index in [9.17, 15) is 14.7 Å². The Labute approximate surface area is 138 Å². The van der Waals surface area contributed by atoms with Crippen molar-refractivity contribution in [3.8, 4) is 11.3 Å². The van der Waals surface area contributed by atoms with Gasteiger partial charge in [-0.1, -0.05) is 29.8 Å². The molecule has 126 valence electrons. The topological polar surface area (TPSA) is 107 Å². The van der Waals surface area contributed by atoms with Gasteiger partial charge in [0.05, 0.1) is 5.69 Å². The van der Waals surface area contributed by atoms with Gasteiger partial charge in [0.25, 0.3) is 5.91 Å². The van der Waals surface area contributed by atoms with Gasteiger partial charge in [-0.15, -0.1) is 0 Å². The Morgan fingerprint density at radius 1 is 1.21 bits per heavy atom. The van der Waals surface area contributed by atoms with E-state index < -0.39 is 11.6 Å². The number of nitrogens with one attached hydrogen (secondary N) is 1. The van der Waals surface area contributed by atoms with Crippen molar-refractivity contribution < 1.29 is 19.8 Å². The Bertz CT molecular complexity index is 758. The average molecular weight is 329 g/mol. The third-order valence-corrected chi connectivity index (χ3v) is 4.43. The molecule has 0 saturated carbocycles. The minimum absolute atomic E-state index is 0.0209. The maximum atomic E-state index is 12.5. The van der Waals surface area contributed by atoms with Crippen LogP contribution in [0.2, 0.25) is 0 Å². The van der Waals surface area contributed by atoms with E-state index in [0.29, 0.717) is 11.4 Å². The number of carbonyl (C=O) groups excluding carboxylic acids is 1. The van der Waals surface area contributed by atoms with E-state index in [1.54, 1.807) is 6.07 Å². The maximum absolute atomic E-state index is 12.5. The van der Waals surface area contributed by atoms with Crippen LogP contribution in [0.15, 0.2) is 30.3 Å². The summed E-state index contributed by atoms with van der Waals surface area (Å²) in [5.74, 6) is -1.48. The number of aryl methyl sites for hydroxylation is 1. The average Bonchev–Trinajstić information content (AvgIpc) is 3.05. The van der Waals surface area contributed by atoms with Gasteiger partial charge in [-0.05, 0) is 13.0 Å². The van der Waals surface area contributed by atoms with E-state index in [-0.39, 0.29) is 31.8 Å². The van der Waals surface area contributed by atoms with E-state index in [1.165, 1.54) is 4.90 Å². The minimum atomic E-state index is -1.74. The third-order valence-electron chi connectivity index (χ3n) is 4.43. The van der Waals surface area contributed by atoms with E-state index >= 15 is 0 Å². The van der Waals surface area contributed by atoms with Gasteiger partial charge in [0.1, 0.15) is 5.69 Å². The molecule has 0 bridgehead atoms. The van der Waals surface area contributed by atoms with E-state index in [0.717, 1.165) is 11.1 Å². The Morgan fingerprint density at radius 2 is 1.83 bits per heavy atom.